The van der Waals surface area contributed by atoms with E-state index in [0.717, 1.165) is 33.3 Å². The number of ketones is 1. The topological polar surface area (TPSA) is 48.0 Å². The molecule has 0 unspecified atom stereocenters. The number of carbonyl (C=O) groups excluding carboxylic acids is 1. The molecule has 0 aliphatic rings. The van der Waals surface area contributed by atoms with Gasteiger partial charge in [0, 0.05) is 23.1 Å². The van der Waals surface area contributed by atoms with Crippen molar-refractivity contribution >= 4 is 17.5 Å². The Kier molecular flexibility index (Phi) is 4.90. The molecule has 24 heavy (non-hydrogen) atoms. The second kappa shape index (κ2) is 7.09. The van der Waals surface area contributed by atoms with Crippen molar-refractivity contribution in [2.24, 2.45) is 0 Å². The quantitative estimate of drug-likeness (QED) is 0.492. The summed E-state index contributed by atoms with van der Waals surface area (Å²) in [5.41, 5.74) is 3.93. The highest BCUT2D eigenvalue weighted by Crippen LogP contribution is 2.22. The minimum absolute atomic E-state index is 0.126. The Morgan fingerprint density at radius 1 is 1.25 bits per heavy atom. The minimum atomic E-state index is 0.126. The van der Waals surface area contributed by atoms with Crippen LogP contribution in [0.25, 0.3) is 0 Å². The highest BCUT2D eigenvalue weighted by Gasteiger charge is 2.16. The summed E-state index contributed by atoms with van der Waals surface area (Å²) >= 11 is 1.47. The Morgan fingerprint density at radius 3 is 2.75 bits per heavy atom. The van der Waals surface area contributed by atoms with Gasteiger partial charge in [-0.2, -0.15) is 0 Å². The van der Waals surface area contributed by atoms with Crippen LogP contribution in [-0.4, -0.2) is 21.1 Å². The van der Waals surface area contributed by atoms with Crippen molar-refractivity contribution in [1.82, 2.24) is 9.55 Å². The van der Waals surface area contributed by atoms with Gasteiger partial charge >= 0.3 is 0 Å². The molecular formula is C19H20N2O2S. The zero-order valence-electron chi connectivity index (χ0n) is 14.1. The van der Waals surface area contributed by atoms with Gasteiger partial charge in [0.1, 0.15) is 5.76 Å². The van der Waals surface area contributed by atoms with Crippen molar-refractivity contribution in [3.63, 3.8) is 0 Å². The number of Topliss-reactive ketones (excluding diaryl/α,β-unsaturated/α-hetero) is 1. The van der Waals surface area contributed by atoms with Gasteiger partial charge in [0.25, 0.3) is 0 Å². The first-order valence-corrected chi connectivity index (χ1v) is 8.81. The number of nitrogens with zero attached hydrogens (tertiary/aromatic N) is 2. The molecular weight excluding hydrogens is 320 g/mol. The molecule has 5 heteroatoms. The summed E-state index contributed by atoms with van der Waals surface area (Å²) in [5.74, 6) is 1.40. The Labute approximate surface area is 145 Å². The predicted octanol–water partition coefficient (Wildman–Crippen LogP) is 4.42. The largest absolute Gasteiger partial charge is 0.467 e. The van der Waals surface area contributed by atoms with E-state index < -0.39 is 0 Å². The zero-order chi connectivity index (χ0) is 17.1. The van der Waals surface area contributed by atoms with Gasteiger partial charge in [0.05, 0.1) is 23.6 Å². The van der Waals surface area contributed by atoms with Crippen molar-refractivity contribution in [1.29, 1.82) is 0 Å². The van der Waals surface area contributed by atoms with Crippen LogP contribution in [0.2, 0.25) is 0 Å². The maximum Gasteiger partial charge on any atom is 0.174 e. The third-order valence-corrected chi connectivity index (χ3v) is 4.95. The van der Waals surface area contributed by atoms with E-state index in [-0.39, 0.29) is 5.78 Å². The number of aromatic nitrogens is 2. The number of hydrogen-bond donors (Lipinski definition) is 0. The summed E-state index contributed by atoms with van der Waals surface area (Å²) in [6.45, 7) is 6.64. The van der Waals surface area contributed by atoms with E-state index in [1.54, 1.807) is 6.26 Å². The zero-order valence-corrected chi connectivity index (χ0v) is 14.9. The lowest BCUT2D eigenvalue weighted by atomic mass is 10.2. The molecule has 3 aromatic rings. The number of pyridine rings is 1. The van der Waals surface area contributed by atoms with Crippen molar-refractivity contribution in [2.75, 3.05) is 5.75 Å². The molecule has 0 radical (unpaired) electrons. The lowest BCUT2D eigenvalue weighted by Gasteiger charge is -2.07. The first-order chi connectivity index (χ1) is 11.5. The lowest BCUT2D eigenvalue weighted by molar-refractivity contribution is 0.102. The molecule has 0 N–H and O–H groups in total. The maximum absolute atomic E-state index is 12.6. The van der Waals surface area contributed by atoms with Gasteiger partial charge in [-0.25, -0.2) is 4.98 Å². The number of furan rings is 1. The monoisotopic (exact) mass is 340 g/mol. The van der Waals surface area contributed by atoms with Crippen molar-refractivity contribution < 1.29 is 9.21 Å². The van der Waals surface area contributed by atoms with Gasteiger partial charge in [0.15, 0.2) is 5.78 Å². The van der Waals surface area contributed by atoms with Crippen molar-refractivity contribution in [3.05, 3.63) is 71.1 Å². The highest BCUT2D eigenvalue weighted by molar-refractivity contribution is 7.99. The van der Waals surface area contributed by atoms with E-state index in [1.165, 1.54) is 11.8 Å². The molecule has 0 fully saturated rings. The summed E-state index contributed by atoms with van der Waals surface area (Å²) in [5, 5.41) is 0.873. The fourth-order valence-corrected chi connectivity index (χ4v) is 3.37. The van der Waals surface area contributed by atoms with Crippen molar-refractivity contribution in [3.8, 4) is 0 Å². The maximum atomic E-state index is 12.6. The lowest BCUT2D eigenvalue weighted by Crippen LogP contribution is -2.07. The summed E-state index contributed by atoms with van der Waals surface area (Å²) < 4.78 is 7.53. The van der Waals surface area contributed by atoms with E-state index in [4.69, 9.17) is 4.42 Å². The van der Waals surface area contributed by atoms with E-state index in [1.807, 2.05) is 57.3 Å². The van der Waals surface area contributed by atoms with Gasteiger partial charge in [-0.3, -0.25) is 4.79 Å². The highest BCUT2D eigenvalue weighted by atomic mass is 32.2. The van der Waals surface area contributed by atoms with Crippen LogP contribution in [0.1, 0.15) is 33.1 Å². The van der Waals surface area contributed by atoms with Crippen LogP contribution in [0.5, 0.6) is 0 Å². The van der Waals surface area contributed by atoms with Gasteiger partial charge in [-0.05, 0) is 50.6 Å². The van der Waals surface area contributed by atoms with Gasteiger partial charge in [-0.1, -0.05) is 17.8 Å². The average molecular weight is 340 g/mol. The van der Waals surface area contributed by atoms with Crippen LogP contribution in [0, 0.1) is 20.8 Å². The van der Waals surface area contributed by atoms with E-state index in [9.17, 15) is 4.79 Å². The molecule has 3 aromatic heterocycles. The second-order valence-corrected chi connectivity index (χ2v) is 6.83. The SMILES string of the molecule is Cc1ccc(SCC(=O)c2cc(C)n(Cc3ccco3)c2C)nc1. The standard InChI is InChI=1S/C19H20N2O2S/c1-13-6-7-19(20-10-13)24-12-18(22)17-9-14(2)21(15(17)3)11-16-5-4-8-23-16/h4-10H,11-12H2,1-3H3. The molecule has 0 saturated heterocycles. The average Bonchev–Trinajstić information content (AvgIpc) is 3.18. The number of aryl methyl sites for hydroxylation is 2. The Hall–Kier alpha value is -2.27. The molecule has 4 nitrogen and oxygen atoms in total. The predicted molar refractivity (Wildman–Crippen MR) is 95.7 cm³/mol. The van der Waals surface area contributed by atoms with E-state index in [0.29, 0.717) is 12.3 Å². The molecule has 0 atom stereocenters. The Bertz CT molecular complexity index is 833. The summed E-state index contributed by atoms with van der Waals surface area (Å²) in [6.07, 6.45) is 3.49. The Balaban J connectivity index is 1.72. The van der Waals surface area contributed by atoms with Gasteiger partial charge < -0.3 is 8.98 Å². The number of rotatable bonds is 6. The van der Waals surface area contributed by atoms with Gasteiger partial charge in [0.2, 0.25) is 0 Å². The summed E-state index contributed by atoms with van der Waals surface area (Å²) in [4.78, 5) is 16.9. The van der Waals surface area contributed by atoms with Crippen LogP contribution >= 0.6 is 11.8 Å². The molecule has 0 aromatic carbocycles. The minimum Gasteiger partial charge on any atom is -0.467 e. The summed E-state index contributed by atoms with van der Waals surface area (Å²) in [7, 11) is 0. The molecule has 0 aliphatic carbocycles. The van der Waals surface area contributed by atoms with Crippen LogP contribution < -0.4 is 0 Å². The molecule has 0 bridgehead atoms. The van der Waals surface area contributed by atoms with Crippen LogP contribution in [0.4, 0.5) is 0 Å². The number of thioether (sulfide) groups is 1. The fourth-order valence-electron chi connectivity index (χ4n) is 2.64. The Morgan fingerprint density at radius 2 is 2.08 bits per heavy atom. The first kappa shape index (κ1) is 16.6. The van der Waals surface area contributed by atoms with E-state index >= 15 is 0 Å². The second-order valence-electron chi connectivity index (χ2n) is 5.84. The molecule has 0 spiro atoms. The number of hydrogen-bond acceptors (Lipinski definition) is 4. The third-order valence-electron chi connectivity index (χ3n) is 4.00. The van der Waals surface area contributed by atoms with Crippen LogP contribution in [-0.2, 0) is 6.54 Å². The van der Waals surface area contributed by atoms with Crippen molar-refractivity contribution in [2.45, 2.75) is 32.3 Å². The van der Waals surface area contributed by atoms with E-state index in [2.05, 4.69) is 9.55 Å². The molecule has 0 aliphatic heterocycles. The molecule has 3 heterocycles. The van der Waals surface area contributed by atoms with Crippen LogP contribution in [0.15, 0.2) is 52.2 Å². The molecule has 0 amide bonds. The smallest absolute Gasteiger partial charge is 0.174 e. The third kappa shape index (κ3) is 3.62. The molecule has 3 rings (SSSR count). The van der Waals surface area contributed by atoms with Crippen LogP contribution in [0.3, 0.4) is 0 Å². The fraction of sp³-hybridized carbons (Fsp3) is 0.263. The first-order valence-electron chi connectivity index (χ1n) is 7.82. The molecule has 0 saturated carbocycles. The normalized spacial score (nSPS) is 11.0. The molecule has 124 valence electrons. The van der Waals surface area contributed by atoms with Gasteiger partial charge in [-0.15, -0.1) is 0 Å². The number of carbonyl (C=O) groups is 1. The summed E-state index contributed by atoms with van der Waals surface area (Å²) in [6, 6.07) is 9.74.